The molecule has 0 amide bonds. The monoisotopic (exact) mass is 496 g/mol. The lowest BCUT2D eigenvalue weighted by molar-refractivity contribution is 0.0799. The van der Waals surface area contributed by atoms with Crippen molar-refractivity contribution in [3.63, 3.8) is 0 Å². The molecular formula is C28H36N2O4S. The largest absolute Gasteiger partial charge is 0.377 e. The number of nitrogens with zero attached hydrogens (tertiary/aromatic N) is 2. The van der Waals surface area contributed by atoms with Gasteiger partial charge in [-0.05, 0) is 55.4 Å². The van der Waals surface area contributed by atoms with Crippen molar-refractivity contribution in [2.45, 2.75) is 52.2 Å². The average molecular weight is 497 g/mol. The number of ketones is 1. The van der Waals surface area contributed by atoms with E-state index in [1.807, 2.05) is 29.8 Å². The van der Waals surface area contributed by atoms with Crippen LogP contribution in [0.25, 0.3) is 10.9 Å². The van der Waals surface area contributed by atoms with E-state index >= 15 is 0 Å². The summed E-state index contributed by atoms with van der Waals surface area (Å²) in [4.78, 5) is 13.8. The highest BCUT2D eigenvalue weighted by atomic mass is 32.2. The van der Waals surface area contributed by atoms with Gasteiger partial charge in [0.2, 0.25) is 10.0 Å². The van der Waals surface area contributed by atoms with E-state index in [-0.39, 0.29) is 11.7 Å². The molecular weight excluding hydrogens is 460 g/mol. The van der Waals surface area contributed by atoms with E-state index in [1.54, 1.807) is 7.05 Å². The summed E-state index contributed by atoms with van der Waals surface area (Å²) in [7, 11) is -1.68. The van der Waals surface area contributed by atoms with Crippen molar-refractivity contribution in [3.05, 3.63) is 70.9 Å². The van der Waals surface area contributed by atoms with Crippen molar-refractivity contribution in [2.24, 2.45) is 5.92 Å². The van der Waals surface area contributed by atoms with Gasteiger partial charge in [-0.25, -0.2) is 12.7 Å². The predicted molar refractivity (Wildman–Crippen MR) is 140 cm³/mol. The fraction of sp³-hybridized carbons (Fsp3) is 0.464. The molecule has 3 aromatic rings. The first-order chi connectivity index (χ1) is 16.7. The Morgan fingerprint density at radius 1 is 1.11 bits per heavy atom. The van der Waals surface area contributed by atoms with Crippen LogP contribution in [0.2, 0.25) is 0 Å². The molecule has 2 aromatic carbocycles. The molecule has 0 saturated heterocycles. The number of hydrogen-bond acceptors (Lipinski definition) is 4. The van der Waals surface area contributed by atoms with Crippen LogP contribution < -0.4 is 0 Å². The molecule has 2 heterocycles. The number of likely N-dealkylation sites (N-methyl/N-ethyl adjacent to an activating group) is 1. The summed E-state index contributed by atoms with van der Waals surface area (Å²) in [6.45, 7) is 4.01. The van der Waals surface area contributed by atoms with Crippen molar-refractivity contribution in [1.82, 2.24) is 8.87 Å². The third-order valence-electron chi connectivity index (χ3n) is 7.13. The molecule has 1 aromatic heterocycles. The minimum atomic E-state index is -3.26. The number of benzene rings is 2. The summed E-state index contributed by atoms with van der Waals surface area (Å²) in [5.74, 6) is 0.0738. The Morgan fingerprint density at radius 2 is 1.89 bits per heavy atom. The maximum atomic E-state index is 13.8. The molecule has 0 spiro atoms. The number of ether oxygens (including phenoxy) is 1. The minimum absolute atomic E-state index is 0.0877. The third-order valence-corrected chi connectivity index (χ3v) is 8.45. The minimum Gasteiger partial charge on any atom is -0.377 e. The number of Topliss-reactive ketones (excluding diaryl/α,β-unsaturated/α-hetero) is 1. The van der Waals surface area contributed by atoms with Crippen molar-refractivity contribution < 1.29 is 17.9 Å². The fourth-order valence-electron chi connectivity index (χ4n) is 4.88. The Kier molecular flexibility index (Phi) is 8.09. The van der Waals surface area contributed by atoms with Crippen molar-refractivity contribution >= 4 is 26.7 Å². The molecule has 0 saturated carbocycles. The molecule has 0 fully saturated rings. The molecule has 1 atom stereocenters. The Balaban J connectivity index is 1.55. The summed E-state index contributed by atoms with van der Waals surface area (Å²) < 4.78 is 33.1. The summed E-state index contributed by atoms with van der Waals surface area (Å²) in [5, 5.41) is 0.935. The molecule has 0 bridgehead atoms. The molecule has 4 rings (SSSR count). The van der Waals surface area contributed by atoms with Gasteiger partial charge in [0.1, 0.15) is 0 Å². The zero-order valence-electron chi connectivity index (χ0n) is 21.0. The first-order valence-electron chi connectivity index (χ1n) is 12.4. The number of aryl methyl sites for hydroxylation is 2. The maximum Gasteiger partial charge on any atom is 0.211 e. The van der Waals surface area contributed by atoms with Crippen LogP contribution in [-0.2, 0) is 34.3 Å². The van der Waals surface area contributed by atoms with Gasteiger partial charge in [0.25, 0.3) is 0 Å². The van der Waals surface area contributed by atoms with Crippen LogP contribution in [0.4, 0.5) is 0 Å². The number of carbonyl (C=O) groups excluding carboxylic acids is 1. The zero-order valence-corrected chi connectivity index (χ0v) is 21.8. The van der Waals surface area contributed by atoms with Crippen LogP contribution in [0.5, 0.6) is 0 Å². The lowest BCUT2D eigenvalue weighted by Crippen LogP contribution is -2.28. The predicted octanol–water partition coefficient (Wildman–Crippen LogP) is 4.97. The van der Waals surface area contributed by atoms with E-state index in [0.717, 1.165) is 47.7 Å². The van der Waals surface area contributed by atoms with Gasteiger partial charge in [0, 0.05) is 55.3 Å². The van der Waals surface area contributed by atoms with Crippen molar-refractivity contribution in [3.8, 4) is 0 Å². The first kappa shape index (κ1) is 25.6. The standard InChI is InChI=1S/C28H36N2O4S/c1-21-12-13-25-26(19-30(27(25)18-21)16-15-29(2)35(3,32)33)28(31)23-10-6-4-8-22-9-5-7-11-24(22)20-34-17-14-23/h5,7,9,11-13,18-19,23H,4,6,8,10,14-17,20H2,1-3H3. The highest BCUT2D eigenvalue weighted by Crippen LogP contribution is 2.29. The van der Waals surface area contributed by atoms with E-state index in [4.69, 9.17) is 4.74 Å². The maximum absolute atomic E-state index is 13.8. The van der Waals surface area contributed by atoms with Crippen LogP contribution in [0.1, 0.15) is 52.7 Å². The normalized spacial score (nSPS) is 17.8. The van der Waals surface area contributed by atoms with E-state index < -0.39 is 10.0 Å². The Labute approximate surface area is 208 Å². The van der Waals surface area contributed by atoms with Gasteiger partial charge in [-0.3, -0.25) is 4.79 Å². The van der Waals surface area contributed by atoms with Gasteiger partial charge >= 0.3 is 0 Å². The molecule has 0 radical (unpaired) electrons. The topological polar surface area (TPSA) is 68.6 Å². The van der Waals surface area contributed by atoms with Crippen LogP contribution in [0, 0.1) is 12.8 Å². The van der Waals surface area contributed by atoms with Crippen LogP contribution in [-0.4, -0.2) is 49.5 Å². The Morgan fingerprint density at radius 3 is 2.66 bits per heavy atom. The third kappa shape index (κ3) is 6.21. The van der Waals surface area contributed by atoms with Gasteiger partial charge in [0.05, 0.1) is 12.9 Å². The SMILES string of the molecule is Cc1ccc2c(C(=O)C3CCCCc4ccccc4COCC3)cn(CCN(C)S(C)(=O)=O)c2c1. The first-order valence-corrected chi connectivity index (χ1v) is 14.3. The lowest BCUT2D eigenvalue weighted by atomic mass is 9.89. The highest BCUT2D eigenvalue weighted by molar-refractivity contribution is 7.88. The second-order valence-corrected chi connectivity index (χ2v) is 11.8. The van der Waals surface area contributed by atoms with E-state index in [1.165, 1.54) is 21.7 Å². The van der Waals surface area contributed by atoms with E-state index in [0.29, 0.717) is 32.7 Å². The highest BCUT2D eigenvalue weighted by Gasteiger charge is 2.24. The second kappa shape index (κ2) is 11.1. The van der Waals surface area contributed by atoms with Gasteiger partial charge in [-0.2, -0.15) is 0 Å². The van der Waals surface area contributed by atoms with Crippen molar-refractivity contribution in [2.75, 3.05) is 26.5 Å². The molecule has 0 N–H and O–H groups in total. The smallest absolute Gasteiger partial charge is 0.211 e. The zero-order chi connectivity index (χ0) is 25.0. The lowest BCUT2D eigenvalue weighted by Gasteiger charge is -2.15. The second-order valence-electron chi connectivity index (χ2n) is 9.76. The summed E-state index contributed by atoms with van der Waals surface area (Å²) in [6, 6.07) is 14.6. The van der Waals surface area contributed by atoms with Gasteiger partial charge in [-0.15, -0.1) is 0 Å². The fourth-order valence-corrected chi connectivity index (χ4v) is 5.29. The van der Waals surface area contributed by atoms with Crippen LogP contribution >= 0.6 is 0 Å². The van der Waals surface area contributed by atoms with Crippen LogP contribution in [0.3, 0.4) is 0 Å². The molecule has 1 aliphatic heterocycles. The summed E-state index contributed by atoms with van der Waals surface area (Å²) >= 11 is 0. The molecule has 1 unspecified atom stereocenters. The van der Waals surface area contributed by atoms with Gasteiger partial charge in [-0.1, -0.05) is 42.8 Å². The number of sulfonamides is 1. The molecule has 188 valence electrons. The number of rotatable bonds is 6. The van der Waals surface area contributed by atoms with E-state index in [2.05, 4.69) is 30.3 Å². The number of carbonyl (C=O) groups is 1. The quantitative estimate of drug-likeness (QED) is 0.452. The molecule has 0 aliphatic carbocycles. The Bertz CT molecular complexity index is 1260. The number of hydrogen-bond donors (Lipinski definition) is 0. The molecule has 35 heavy (non-hydrogen) atoms. The number of aromatic nitrogens is 1. The number of fused-ring (bicyclic) bond motifs is 2. The van der Waals surface area contributed by atoms with E-state index in [9.17, 15) is 13.2 Å². The summed E-state index contributed by atoms with van der Waals surface area (Å²) in [6.07, 6.45) is 7.75. The average Bonchev–Trinajstić information content (AvgIpc) is 3.16. The Hall–Kier alpha value is -2.48. The molecule has 7 heteroatoms. The van der Waals surface area contributed by atoms with Crippen LogP contribution in [0.15, 0.2) is 48.7 Å². The van der Waals surface area contributed by atoms with Gasteiger partial charge in [0.15, 0.2) is 5.78 Å². The summed E-state index contributed by atoms with van der Waals surface area (Å²) in [5.41, 5.74) is 5.39. The molecule has 1 aliphatic rings. The van der Waals surface area contributed by atoms with Crippen molar-refractivity contribution in [1.29, 1.82) is 0 Å². The van der Waals surface area contributed by atoms with Gasteiger partial charge < -0.3 is 9.30 Å². The molecule has 6 nitrogen and oxygen atoms in total.